The Labute approximate surface area is 149 Å². The van der Waals surface area contributed by atoms with Crippen molar-refractivity contribution in [1.82, 2.24) is 16.0 Å². The predicted octanol–water partition coefficient (Wildman–Crippen LogP) is 2.91. The number of nitrogens with one attached hydrogen (secondary N) is 3. The molecule has 0 spiro atoms. The van der Waals surface area contributed by atoms with E-state index in [1.165, 1.54) is 25.3 Å². The first-order valence-corrected chi connectivity index (χ1v) is 8.86. The van der Waals surface area contributed by atoms with Crippen LogP contribution in [-0.4, -0.2) is 24.9 Å². The summed E-state index contributed by atoms with van der Waals surface area (Å²) in [6.07, 6.45) is 6.50. The van der Waals surface area contributed by atoms with E-state index in [0.29, 0.717) is 6.54 Å². The lowest BCUT2D eigenvalue weighted by atomic mass is 10.0. The third-order valence-electron chi connectivity index (χ3n) is 3.84. The molecule has 3 N–H and O–H groups in total. The summed E-state index contributed by atoms with van der Waals surface area (Å²) >= 11 is 0. The van der Waals surface area contributed by atoms with Crippen molar-refractivity contribution in [3.63, 3.8) is 0 Å². The third kappa shape index (κ3) is 10.2. The Morgan fingerprint density at radius 3 is 2.44 bits per heavy atom. The van der Waals surface area contributed by atoms with Gasteiger partial charge in [0, 0.05) is 13.5 Å². The highest BCUT2D eigenvalue weighted by atomic mass is 16.2. The van der Waals surface area contributed by atoms with E-state index >= 15 is 0 Å². The smallest absolute Gasteiger partial charge is 0.321 e. The number of carbonyl (C=O) groups excluding carboxylic acids is 3. The summed E-state index contributed by atoms with van der Waals surface area (Å²) in [4.78, 5) is 31.5. The summed E-state index contributed by atoms with van der Waals surface area (Å²) in [5.41, 5.74) is 1.21. The molecule has 138 valence electrons. The normalized spacial score (nSPS) is 13.7. The van der Waals surface area contributed by atoms with E-state index in [1.807, 2.05) is 25.1 Å². The molecule has 0 aliphatic heterocycles. The number of imide groups is 1. The molecular weight excluding hydrogens is 318 g/mol. The zero-order chi connectivity index (χ0) is 18.5. The Kier molecular flexibility index (Phi) is 9.97. The number of carbonyl (C=O) groups is 3. The number of amides is 4. The van der Waals surface area contributed by atoms with E-state index in [0.717, 1.165) is 31.6 Å². The van der Waals surface area contributed by atoms with E-state index in [1.54, 1.807) is 0 Å². The molecule has 1 aromatic rings. The van der Waals surface area contributed by atoms with E-state index in [4.69, 9.17) is 0 Å². The fourth-order valence-corrected chi connectivity index (χ4v) is 2.34. The number of benzene rings is 1. The van der Waals surface area contributed by atoms with Crippen LogP contribution in [-0.2, 0) is 9.59 Å². The Hall–Kier alpha value is -2.37. The van der Waals surface area contributed by atoms with E-state index < -0.39 is 6.03 Å². The maximum atomic E-state index is 10.7. The quantitative estimate of drug-likeness (QED) is 0.499. The molecule has 0 saturated heterocycles. The minimum atomic E-state index is -0.411. The molecule has 0 bridgehead atoms. The molecular formula is C19H29N3O3. The lowest BCUT2D eigenvalue weighted by Gasteiger charge is -2.15. The van der Waals surface area contributed by atoms with Crippen LogP contribution in [0.1, 0.15) is 57.6 Å². The lowest BCUT2D eigenvalue weighted by molar-refractivity contribution is -0.118. The second kappa shape index (κ2) is 12.1. The molecule has 0 heterocycles. The molecule has 1 atom stereocenters. The Morgan fingerprint density at radius 2 is 1.92 bits per heavy atom. The van der Waals surface area contributed by atoms with E-state index in [2.05, 4.69) is 28.1 Å². The van der Waals surface area contributed by atoms with Crippen LogP contribution < -0.4 is 16.0 Å². The number of hydrogen-bond donors (Lipinski definition) is 3. The van der Waals surface area contributed by atoms with Crippen LogP contribution in [0.4, 0.5) is 4.79 Å². The first kappa shape index (κ1) is 20.7. The van der Waals surface area contributed by atoms with Crippen molar-refractivity contribution < 1.29 is 14.4 Å². The molecule has 4 amide bonds. The molecule has 1 aromatic carbocycles. The molecule has 1 aliphatic carbocycles. The summed E-state index contributed by atoms with van der Waals surface area (Å²) in [5.74, 6) is 0.492. The van der Waals surface area contributed by atoms with Gasteiger partial charge in [0.1, 0.15) is 0 Å². The summed E-state index contributed by atoms with van der Waals surface area (Å²) in [7, 11) is 0. The number of urea groups is 1. The van der Waals surface area contributed by atoms with Crippen molar-refractivity contribution in [2.45, 2.75) is 52.0 Å². The molecule has 25 heavy (non-hydrogen) atoms. The molecule has 0 radical (unpaired) electrons. The molecule has 6 nitrogen and oxygen atoms in total. The lowest BCUT2D eigenvalue weighted by Crippen LogP contribution is -2.38. The first-order valence-electron chi connectivity index (χ1n) is 8.86. The van der Waals surface area contributed by atoms with Crippen molar-refractivity contribution in [2.75, 3.05) is 6.54 Å². The van der Waals surface area contributed by atoms with Gasteiger partial charge in [-0.05, 0) is 24.3 Å². The molecule has 1 aliphatic rings. The average Bonchev–Trinajstić information content (AvgIpc) is 3.40. The summed E-state index contributed by atoms with van der Waals surface area (Å²) in [6, 6.07) is 9.97. The zero-order valence-corrected chi connectivity index (χ0v) is 15.1. The zero-order valence-electron chi connectivity index (χ0n) is 15.1. The molecule has 6 heteroatoms. The van der Waals surface area contributed by atoms with Gasteiger partial charge >= 0.3 is 6.03 Å². The van der Waals surface area contributed by atoms with Crippen molar-refractivity contribution in [3.8, 4) is 0 Å². The van der Waals surface area contributed by atoms with Crippen LogP contribution >= 0.6 is 0 Å². The standard InChI is InChI=1S/C12H15NO.C7H14N2O2/c14-9-13-12(8-10-6-7-10)11-4-2-1-3-5-11;1-3-4-5-8-7(11)9-6(2)10/h1-5,9-10,12H,6-8H2,(H,13,14);3-5H2,1-2H3,(H2,8,9,10,11). The van der Waals surface area contributed by atoms with Gasteiger partial charge in [0.05, 0.1) is 6.04 Å². The predicted molar refractivity (Wildman–Crippen MR) is 97.8 cm³/mol. The Morgan fingerprint density at radius 1 is 1.24 bits per heavy atom. The Bertz CT molecular complexity index is 530. The van der Waals surface area contributed by atoms with Gasteiger partial charge in [-0.25, -0.2) is 4.79 Å². The van der Waals surface area contributed by atoms with Crippen LogP contribution in [0.3, 0.4) is 0 Å². The van der Waals surface area contributed by atoms with Crippen molar-refractivity contribution in [2.24, 2.45) is 5.92 Å². The highest BCUT2D eigenvalue weighted by molar-refractivity contribution is 5.92. The van der Waals surface area contributed by atoms with Crippen LogP contribution in [0.15, 0.2) is 30.3 Å². The minimum Gasteiger partial charge on any atom is -0.352 e. The monoisotopic (exact) mass is 347 g/mol. The fraction of sp³-hybridized carbons (Fsp3) is 0.526. The largest absolute Gasteiger partial charge is 0.352 e. The molecule has 0 aromatic heterocycles. The maximum Gasteiger partial charge on any atom is 0.321 e. The van der Waals surface area contributed by atoms with Crippen molar-refractivity contribution in [3.05, 3.63) is 35.9 Å². The topological polar surface area (TPSA) is 87.3 Å². The fourth-order valence-electron chi connectivity index (χ4n) is 2.34. The van der Waals surface area contributed by atoms with Crippen molar-refractivity contribution >= 4 is 18.3 Å². The van der Waals surface area contributed by atoms with Crippen LogP contribution in [0.25, 0.3) is 0 Å². The minimum absolute atomic E-state index is 0.209. The van der Waals surface area contributed by atoms with Gasteiger partial charge in [0.2, 0.25) is 12.3 Å². The third-order valence-corrected chi connectivity index (χ3v) is 3.84. The highest BCUT2D eigenvalue weighted by Gasteiger charge is 2.25. The summed E-state index contributed by atoms with van der Waals surface area (Å²) in [6.45, 7) is 3.96. The van der Waals surface area contributed by atoms with Gasteiger partial charge in [-0.2, -0.15) is 0 Å². The number of hydrogen-bond acceptors (Lipinski definition) is 3. The van der Waals surface area contributed by atoms with Gasteiger partial charge in [-0.15, -0.1) is 0 Å². The van der Waals surface area contributed by atoms with Crippen LogP contribution in [0.2, 0.25) is 0 Å². The van der Waals surface area contributed by atoms with Crippen molar-refractivity contribution in [1.29, 1.82) is 0 Å². The van der Waals surface area contributed by atoms with Crippen LogP contribution in [0, 0.1) is 5.92 Å². The molecule has 2 rings (SSSR count). The second-order valence-corrected chi connectivity index (χ2v) is 6.22. The number of rotatable bonds is 8. The molecule has 1 fully saturated rings. The maximum absolute atomic E-state index is 10.7. The van der Waals surface area contributed by atoms with Gasteiger partial charge in [-0.1, -0.05) is 56.5 Å². The highest BCUT2D eigenvalue weighted by Crippen LogP contribution is 2.37. The van der Waals surface area contributed by atoms with Gasteiger partial charge in [0.25, 0.3) is 0 Å². The average molecular weight is 347 g/mol. The second-order valence-electron chi connectivity index (χ2n) is 6.22. The Balaban J connectivity index is 0.000000260. The summed E-state index contributed by atoms with van der Waals surface area (Å²) < 4.78 is 0. The van der Waals surface area contributed by atoms with Gasteiger partial charge in [0.15, 0.2) is 0 Å². The van der Waals surface area contributed by atoms with Crippen LogP contribution in [0.5, 0.6) is 0 Å². The van der Waals surface area contributed by atoms with Gasteiger partial charge in [-0.3, -0.25) is 14.9 Å². The van der Waals surface area contributed by atoms with E-state index in [-0.39, 0.29) is 11.9 Å². The first-order chi connectivity index (χ1) is 12.1. The molecule has 1 unspecified atom stereocenters. The number of unbranched alkanes of at least 4 members (excludes halogenated alkanes) is 1. The summed E-state index contributed by atoms with van der Waals surface area (Å²) in [5, 5.41) is 7.55. The van der Waals surface area contributed by atoms with E-state index in [9.17, 15) is 14.4 Å². The molecule has 1 saturated carbocycles. The van der Waals surface area contributed by atoms with Gasteiger partial charge < -0.3 is 10.6 Å². The SMILES string of the molecule is CCCCNC(=O)NC(C)=O.O=CNC(CC1CC1)c1ccccc1.